The van der Waals surface area contributed by atoms with Crippen LogP contribution in [0.5, 0.6) is 0 Å². The second-order valence-electron chi connectivity index (χ2n) is 8.30. The van der Waals surface area contributed by atoms with E-state index in [0.717, 1.165) is 18.8 Å². The lowest BCUT2D eigenvalue weighted by atomic mass is 9.91. The number of carbonyl (C=O) groups is 1. The van der Waals surface area contributed by atoms with Crippen molar-refractivity contribution >= 4 is 11.9 Å². The highest BCUT2D eigenvalue weighted by atomic mass is 16.1. The molecule has 1 amide bonds. The molecule has 2 aliphatic heterocycles. The summed E-state index contributed by atoms with van der Waals surface area (Å²) in [6.45, 7) is 5.46. The number of fused-ring (bicyclic) bond motifs is 1. The Labute approximate surface area is 166 Å². The number of benzene rings is 1. The molecule has 7 nitrogen and oxygen atoms in total. The predicted molar refractivity (Wildman–Crippen MR) is 109 cm³/mol. The van der Waals surface area contributed by atoms with Crippen molar-refractivity contribution in [3.63, 3.8) is 0 Å². The molecule has 28 heavy (non-hydrogen) atoms. The first-order chi connectivity index (χ1) is 13.5. The van der Waals surface area contributed by atoms with Gasteiger partial charge in [-0.25, -0.2) is 4.68 Å². The van der Waals surface area contributed by atoms with Crippen molar-refractivity contribution in [3.8, 4) is 0 Å². The zero-order valence-corrected chi connectivity index (χ0v) is 17.0. The summed E-state index contributed by atoms with van der Waals surface area (Å²) in [7, 11) is 4.46. The Balaban J connectivity index is 1.44. The van der Waals surface area contributed by atoms with Gasteiger partial charge in [-0.15, -0.1) is 5.10 Å². The summed E-state index contributed by atoms with van der Waals surface area (Å²) in [6.07, 6.45) is 3.33. The molecule has 0 saturated carbocycles. The largest absolute Gasteiger partial charge is 0.306 e. The normalized spacial score (nSPS) is 23.6. The highest BCUT2D eigenvalue weighted by Gasteiger charge is 2.34. The maximum atomic E-state index is 12.4. The number of hydrogen-bond donors (Lipinski definition) is 1. The van der Waals surface area contributed by atoms with Gasteiger partial charge >= 0.3 is 0 Å². The van der Waals surface area contributed by atoms with Crippen LogP contribution in [0.25, 0.3) is 0 Å². The van der Waals surface area contributed by atoms with E-state index in [1.165, 1.54) is 25.9 Å². The van der Waals surface area contributed by atoms with Gasteiger partial charge in [0, 0.05) is 24.1 Å². The molecular weight excluding hydrogens is 352 g/mol. The highest BCUT2D eigenvalue weighted by molar-refractivity contribution is 6.03. The average molecular weight is 383 g/mol. The monoisotopic (exact) mass is 382 g/mol. The number of nitrogens with one attached hydrogen (secondary N) is 1. The first-order valence-corrected chi connectivity index (χ1v) is 10.2. The van der Waals surface area contributed by atoms with E-state index in [1.807, 2.05) is 22.9 Å². The van der Waals surface area contributed by atoms with Crippen molar-refractivity contribution in [1.82, 2.24) is 24.6 Å². The summed E-state index contributed by atoms with van der Waals surface area (Å²) >= 11 is 0. The SMILES string of the molecule is CC1Cc2nc(NC(=O)c3ccccc3)nn2CC1N(C)C1CCN(C)CC1. The summed E-state index contributed by atoms with van der Waals surface area (Å²) < 4.78 is 1.98. The molecule has 2 aromatic rings. The van der Waals surface area contributed by atoms with Crippen LogP contribution < -0.4 is 5.32 Å². The van der Waals surface area contributed by atoms with Crippen LogP contribution in [0.1, 0.15) is 35.9 Å². The Morgan fingerprint density at radius 2 is 1.93 bits per heavy atom. The van der Waals surface area contributed by atoms with Crippen LogP contribution in [-0.2, 0) is 13.0 Å². The number of hydrogen-bond acceptors (Lipinski definition) is 5. The van der Waals surface area contributed by atoms with E-state index in [-0.39, 0.29) is 5.91 Å². The Morgan fingerprint density at radius 3 is 2.64 bits per heavy atom. The minimum Gasteiger partial charge on any atom is -0.306 e. The Kier molecular flexibility index (Phi) is 5.46. The van der Waals surface area contributed by atoms with Gasteiger partial charge in [-0.05, 0) is 58.1 Å². The topological polar surface area (TPSA) is 66.3 Å². The number of anilines is 1. The van der Waals surface area contributed by atoms with Crippen molar-refractivity contribution in [2.45, 2.75) is 44.8 Å². The molecule has 2 atom stereocenters. The van der Waals surface area contributed by atoms with Crippen LogP contribution in [0.2, 0.25) is 0 Å². The Morgan fingerprint density at radius 1 is 1.21 bits per heavy atom. The first kappa shape index (κ1) is 19.1. The number of likely N-dealkylation sites (N-methyl/N-ethyl adjacent to an activating group) is 1. The van der Waals surface area contributed by atoms with Gasteiger partial charge in [-0.3, -0.25) is 15.0 Å². The number of nitrogens with zero attached hydrogens (tertiary/aromatic N) is 5. The van der Waals surface area contributed by atoms with Crippen molar-refractivity contribution in [3.05, 3.63) is 41.7 Å². The third-order valence-electron chi connectivity index (χ3n) is 6.32. The first-order valence-electron chi connectivity index (χ1n) is 10.2. The molecule has 1 aromatic heterocycles. The van der Waals surface area contributed by atoms with E-state index in [1.54, 1.807) is 12.1 Å². The zero-order chi connectivity index (χ0) is 19.7. The molecule has 7 heteroatoms. The van der Waals surface area contributed by atoms with Crippen LogP contribution in [0, 0.1) is 5.92 Å². The summed E-state index contributed by atoms with van der Waals surface area (Å²) in [5, 5.41) is 7.42. The molecule has 4 rings (SSSR count). The fourth-order valence-corrected chi connectivity index (χ4v) is 4.47. The van der Waals surface area contributed by atoms with Crippen LogP contribution in [0.15, 0.2) is 30.3 Å². The van der Waals surface area contributed by atoms with E-state index in [0.29, 0.717) is 29.5 Å². The minimum absolute atomic E-state index is 0.170. The third kappa shape index (κ3) is 3.95. The number of amides is 1. The molecule has 0 spiro atoms. The average Bonchev–Trinajstić information content (AvgIpc) is 3.09. The molecular formula is C21H30N6O. The second-order valence-corrected chi connectivity index (χ2v) is 8.30. The second kappa shape index (κ2) is 8.01. The number of piperidine rings is 1. The van der Waals surface area contributed by atoms with Gasteiger partial charge in [0.2, 0.25) is 5.95 Å². The molecule has 0 aliphatic carbocycles. The fourth-order valence-electron chi connectivity index (χ4n) is 4.47. The molecule has 3 heterocycles. The van der Waals surface area contributed by atoms with Gasteiger partial charge in [-0.2, -0.15) is 4.98 Å². The molecule has 1 fully saturated rings. The summed E-state index contributed by atoms with van der Waals surface area (Å²) in [6, 6.07) is 10.3. The van der Waals surface area contributed by atoms with Crippen molar-refractivity contribution in [1.29, 1.82) is 0 Å². The van der Waals surface area contributed by atoms with E-state index in [4.69, 9.17) is 0 Å². The van der Waals surface area contributed by atoms with Crippen LogP contribution >= 0.6 is 0 Å². The van der Waals surface area contributed by atoms with Crippen molar-refractivity contribution < 1.29 is 4.79 Å². The smallest absolute Gasteiger partial charge is 0.258 e. The maximum absolute atomic E-state index is 12.4. The van der Waals surface area contributed by atoms with Gasteiger partial charge in [0.1, 0.15) is 5.82 Å². The summed E-state index contributed by atoms with van der Waals surface area (Å²) in [5.74, 6) is 1.71. The molecule has 1 aromatic carbocycles. The standard InChI is InChI=1S/C21H30N6O/c1-15-13-19-22-21(23-20(28)16-7-5-4-6-8-16)24-27(19)14-18(15)26(3)17-9-11-25(2)12-10-17/h4-8,15,17-18H,9-14H2,1-3H3,(H,23,24,28). The molecule has 0 bridgehead atoms. The Bertz CT molecular complexity index is 812. The third-order valence-corrected chi connectivity index (χ3v) is 6.32. The molecule has 1 saturated heterocycles. The van der Waals surface area contributed by atoms with Gasteiger partial charge < -0.3 is 4.90 Å². The van der Waals surface area contributed by atoms with E-state index in [9.17, 15) is 4.79 Å². The zero-order valence-electron chi connectivity index (χ0n) is 17.0. The Hall–Kier alpha value is -2.25. The molecule has 150 valence electrons. The predicted octanol–water partition coefficient (Wildman–Crippen LogP) is 2.12. The van der Waals surface area contributed by atoms with Crippen molar-refractivity contribution in [2.24, 2.45) is 5.92 Å². The van der Waals surface area contributed by atoms with Gasteiger partial charge in [-0.1, -0.05) is 25.1 Å². The van der Waals surface area contributed by atoms with Crippen LogP contribution in [-0.4, -0.2) is 69.7 Å². The minimum atomic E-state index is -0.170. The lowest BCUT2D eigenvalue weighted by Crippen LogP contribution is -2.51. The van der Waals surface area contributed by atoms with E-state index < -0.39 is 0 Å². The van der Waals surface area contributed by atoms with E-state index in [2.05, 4.69) is 46.2 Å². The van der Waals surface area contributed by atoms with Crippen LogP contribution in [0.4, 0.5) is 5.95 Å². The number of likely N-dealkylation sites (tertiary alicyclic amines) is 1. The van der Waals surface area contributed by atoms with Crippen molar-refractivity contribution in [2.75, 3.05) is 32.5 Å². The highest BCUT2D eigenvalue weighted by Crippen LogP contribution is 2.27. The lowest BCUT2D eigenvalue weighted by molar-refractivity contribution is 0.0608. The fraction of sp³-hybridized carbons (Fsp3) is 0.571. The molecule has 2 unspecified atom stereocenters. The van der Waals surface area contributed by atoms with Crippen LogP contribution in [0.3, 0.4) is 0 Å². The number of carbonyl (C=O) groups excluding carboxylic acids is 1. The summed E-state index contributed by atoms with van der Waals surface area (Å²) in [5.41, 5.74) is 0.614. The lowest BCUT2D eigenvalue weighted by Gasteiger charge is -2.43. The van der Waals surface area contributed by atoms with Gasteiger partial charge in [0.25, 0.3) is 5.91 Å². The van der Waals surface area contributed by atoms with E-state index >= 15 is 0 Å². The quantitative estimate of drug-likeness (QED) is 0.877. The number of rotatable bonds is 4. The number of aromatic nitrogens is 3. The van der Waals surface area contributed by atoms with Gasteiger partial charge in [0.05, 0.1) is 6.54 Å². The summed E-state index contributed by atoms with van der Waals surface area (Å²) in [4.78, 5) is 21.9. The molecule has 1 N–H and O–H groups in total. The molecule has 2 aliphatic rings. The molecule has 0 radical (unpaired) electrons. The van der Waals surface area contributed by atoms with Gasteiger partial charge in [0.15, 0.2) is 0 Å². The maximum Gasteiger partial charge on any atom is 0.258 e.